The quantitative estimate of drug-likeness (QED) is 0.228. The van der Waals surface area contributed by atoms with Gasteiger partial charge in [-0.15, -0.1) is 0 Å². The monoisotopic (exact) mass is 404 g/mol. The number of epoxide rings is 1. The van der Waals surface area contributed by atoms with Crippen molar-refractivity contribution in [2.45, 2.75) is 63.6 Å². The summed E-state index contributed by atoms with van der Waals surface area (Å²) < 4.78 is 22.3. The van der Waals surface area contributed by atoms with E-state index >= 15 is 0 Å². The van der Waals surface area contributed by atoms with Gasteiger partial charge in [-0.1, -0.05) is 19.2 Å². The zero-order chi connectivity index (χ0) is 21.5. The average Bonchev–Trinajstić information content (AvgIpc) is 3.22. The first-order valence-corrected chi connectivity index (χ1v) is 9.35. The Morgan fingerprint density at radius 1 is 1.31 bits per heavy atom. The molecule has 0 spiro atoms. The van der Waals surface area contributed by atoms with Gasteiger partial charge in [0.25, 0.3) is 0 Å². The maximum absolute atomic E-state index is 12.4. The maximum atomic E-state index is 12.4. The molecular formula is C21H24O8. The number of hydrogen-bond acceptors (Lipinski definition) is 8. The lowest BCUT2D eigenvalue weighted by atomic mass is 9.80. The van der Waals surface area contributed by atoms with Crippen LogP contribution in [-0.4, -0.2) is 54.2 Å². The van der Waals surface area contributed by atoms with E-state index in [4.69, 9.17) is 18.9 Å². The van der Waals surface area contributed by atoms with E-state index in [1.165, 1.54) is 13.8 Å². The summed E-state index contributed by atoms with van der Waals surface area (Å²) in [6, 6.07) is 0. The molecule has 1 aliphatic carbocycles. The highest BCUT2D eigenvalue weighted by Gasteiger charge is 2.64. The van der Waals surface area contributed by atoms with Crippen LogP contribution in [0.5, 0.6) is 0 Å². The fourth-order valence-electron chi connectivity index (χ4n) is 3.92. The third kappa shape index (κ3) is 3.89. The molecule has 6 unspecified atom stereocenters. The lowest BCUT2D eigenvalue weighted by molar-refractivity contribution is -0.167. The van der Waals surface area contributed by atoms with Crippen LogP contribution < -0.4 is 0 Å². The van der Waals surface area contributed by atoms with E-state index in [1.54, 1.807) is 6.08 Å². The molecule has 8 nitrogen and oxygen atoms in total. The van der Waals surface area contributed by atoms with E-state index in [2.05, 4.69) is 13.2 Å². The van der Waals surface area contributed by atoms with E-state index < -0.39 is 53.8 Å². The summed E-state index contributed by atoms with van der Waals surface area (Å²) in [5.74, 6) is -2.92. The maximum Gasteiger partial charge on any atom is 0.334 e. The number of esters is 3. The number of carbonyl (C=O) groups excluding carboxylic acids is 4. The Labute approximate surface area is 168 Å². The van der Waals surface area contributed by atoms with Crippen molar-refractivity contribution >= 4 is 24.2 Å². The number of hydrogen-bond donors (Lipinski definition) is 0. The van der Waals surface area contributed by atoms with E-state index in [9.17, 15) is 19.2 Å². The first kappa shape index (κ1) is 21.0. The molecular weight excluding hydrogens is 380 g/mol. The smallest absolute Gasteiger partial charge is 0.334 e. The van der Waals surface area contributed by atoms with Gasteiger partial charge in [0.2, 0.25) is 0 Å². The first-order valence-electron chi connectivity index (χ1n) is 9.35. The molecule has 0 radical (unpaired) electrons. The molecule has 0 saturated carbocycles. The molecule has 6 atom stereocenters. The van der Waals surface area contributed by atoms with Gasteiger partial charge >= 0.3 is 17.9 Å². The highest BCUT2D eigenvalue weighted by molar-refractivity contribution is 5.92. The Morgan fingerprint density at radius 2 is 2.00 bits per heavy atom. The molecule has 0 aromatic rings. The van der Waals surface area contributed by atoms with Crippen molar-refractivity contribution in [1.82, 2.24) is 0 Å². The minimum absolute atomic E-state index is 0.0651. The van der Waals surface area contributed by atoms with E-state index in [-0.39, 0.29) is 16.7 Å². The number of rotatable bonds is 4. The summed E-state index contributed by atoms with van der Waals surface area (Å²) in [6.45, 7) is 11.9. The highest BCUT2D eigenvalue weighted by atomic mass is 16.7. The van der Waals surface area contributed by atoms with Gasteiger partial charge in [0.05, 0.1) is 11.5 Å². The summed E-state index contributed by atoms with van der Waals surface area (Å²) in [5, 5.41) is 0. The number of carbonyl (C=O) groups is 4. The summed E-state index contributed by atoms with van der Waals surface area (Å²) in [6.07, 6.45) is -0.424. The van der Waals surface area contributed by atoms with Crippen molar-refractivity contribution in [3.05, 3.63) is 36.0 Å². The van der Waals surface area contributed by atoms with Crippen LogP contribution >= 0.6 is 0 Å². The van der Waals surface area contributed by atoms with Crippen LogP contribution in [0.3, 0.4) is 0 Å². The summed E-state index contributed by atoms with van der Waals surface area (Å²) in [7, 11) is 0. The molecule has 0 amide bonds. The van der Waals surface area contributed by atoms with Gasteiger partial charge in [0.1, 0.15) is 18.5 Å². The van der Waals surface area contributed by atoms with Crippen molar-refractivity contribution in [2.24, 2.45) is 5.92 Å². The number of aldehydes is 1. The number of allylic oxidation sites excluding steroid dienone is 1. The SMILES string of the molecule is C=C(C)C(=O)OC1C(OC(C)=O)C(C=O)=CCCC2(C)OC2C2OC(=O)C(=C)C12. The topological polar surface area (TPSA) is 108 Å². The predicted octanol–water partition coefficient (Wildman–Crippen LogP) is 1.58. The Balaban J connectivity index is 2.12. The lowest BCUT2D eigenvalue weighted by Gasteiger charge is -2.33. The second-order valence-electron chi connectivity index (χ2n) is 7.81. The molecule has 2 heterocycles. The van der Waals surface area contributed by atoms with E-state index in [0.717, 1.165) is 0 Å². The minimum Gasteiger partial charge on any atom is -0.455 e. The van der Waals surface area contributed by atoms with Gasteiger partial charge in [0, 0.05) is 23.6 Å². The van der Waals surface area contributed by atoms with Crippen LogP contribution in [0.2, 0.25) is 0 Å². The molecule has 156 valence electrons. The molecule has 3 aliphatic rings. The Bertz CT molecular complexity index is 825. The van der Waals surface area contributed by atoms with Gasteiger partial charge in [-0.25, -0.2) is 9.59 Å². The first-order chi connectivity index (χ1) is 13.6. The van der Waals surface area contributed by atoms with E-state index in [0.29, 0.717) is 19.1 Å². The minimum atomic E-state index is -1.23. The van der Waals surface area contributed by atoms with Crippen molar-refractivity contribution in [3.8, 4) is 0 Å². The molecule has 29 heavy (non-hydrogen) atoms. The molecule has 0 aromatic heterocycles. The molecule has 2 aliphatic heterocycles. The van der Waals surface area contributed by atoms with Crippen molar-refractivity contribution in [1.29, 1.82) is 0 Å². The van der Waals surface area contributed by atoms with Crippen molar-refractivity contribution < 1.29 is 38.1 Å². The van der Waals surface area contributed by atoms with Gasteiger partial charge in [0.15, 0.2) is 12.2 Å². The van der Waals surface area contributed by atoms with Crippen LogP contribution in [0, 0.1) is 5.92 Å². The van der Waals surface area contributed by atoms with Gasteiger partial charge in [-0.3, -0.25) is 9.59 Å². The van der Waals surface area contributed by atoms with Crippen LogP contribution in [0.15, 0.2) is 36.0 Å². The van der Waals surface area contributed by atoms with Crippen LogP contribution in [0.25, 0.3) is 0 Å². The zero-order valence-corrected chi connectivity index (χ0v) is 16.6. The Morgan fingerprint density at radius 3 is 2.59 bits per heavy atom. The second kappa shape index (κ2) is 7.59. The molecule has 0 N–H and O–H groups in total. The summed E-state index contributed by atoms with van der Waals surface area (Å²) >= 11 is 0. The highest BCUT2D eigenvalue weighted by Crippen LogP contribution is 2.50. The fourth-order valence-corrected chi connectivity index (χ4v) is 3.92. The average molecular weight is 404 g/mol. The predicted molar refractivity (Wildman–Crippen MR) is 99.4 cm³/mol. The molecule has 3 rings (SSSR count). The Hall–Kier alpha value is -2.74. The third-order valence-electron chi connectivity index (χ3n) is 5.52. The second-order valence-corrected chi connectivity index (χ2v) is 7.81. The number of ether oxygens (including phenoxy) is 4. The van der Waals surface area contributed by atoms with Crippen LogP contribution in [0.4, 0.5) is 0 Å². The van der Waals surface area contributed by atoms with Gasteiger partial charge in [-0.2, -0.15) is 0 Å². The molecule has 8 heteroatoms. The van der Waals surface area contributed by atoms with Crippen molar-refractivity contribution in [3.63, 3.8) is 0 Å². The molecule has 0 aromatic carbocycles. The number of fused-ring (bicyclic) bond motifs is 3. The largest absolute Gasteiger partial charge is 0.455 e. The lowest BCUT2D eigenvalue weighted by Crippen LogP contribution is -2.47. The normalized spacial score (nSPS) is 36.0. The zero-order valence-electron chi connectivity index (χ0n) is 16.6. The molecule has 2 fully saturated rings. The van der Waals surface area contributed by atoms with Gasteiger partial charge < -0.3 is 18.9 Å². The summed E-state index contributed by atoms with van der Waals surface area (Å²) in [4.78, 5) is 48.3. The van der Waals surface area contributed by atoms with Crippen LogP contribution in [0.1, 0.15) is 33.6 Å². The van der Waals surface area contributed by atoms with Crippen LogP contribution in [-0.2, 0) is 38.1 Å². The van der Waals surface area contributed by atoms with Gasteiger partial charge in [-0.05, 0) is 26.7 Å². The Kier molecular flexibility index (Phi) is 5.49. The molecule has 0 bridgehead atoms. The third-order valence-corrected chi connectivity index (χ3v) is 5.52. The van der Waals surface area contributed by atoms with Crippen molar-refractivity contribution in [2.75, 3.05) is 0 Å². The molecule has 2 saturated heterocycles. The standard InChI is InChI=1S/C21H24O8/c1-10(2)19(24)27-16-14-11(3)20(25)28-17(14)18-21(5,29-18)8-6-7-13(9-22)15(16)26-12(4)23/h7,9,14-18H,1,3,6,8H2,2,4-5H3. The van der Waals surface area contributed by atoms with E-state index in [1.807, 2.05) is 6.92 Å². The summed E-state index contributed by atoms with van der Waals surface area (Å²) in [5.41, 5.74) is -0.237. The fraction of sp³-hybridized carbons (Fsp3) is 0.524.